The maximum Gasteiger partial charge on any atom is 0.0594 e. The van der Waals surface area contributed by atoms with Crippen molar-refractivity contribution in [1.29, 1.82) is 0 Å². The molecule has 6 atom stereocenters. The van der Waals surface area contributed by atoms with Gasteiger partial charge in [0, 0.05) is 300 Å². The molecule has 16 rings (SSSR count). The van der Waals surface area contributed by atoms with Gasteiger partial charge in [-0.15, -0.1) is 0 Å². The van der Waals surface area contributed by atoms with Gasteiger partial charge in [0.15, 0.2) is 0 Å². The molecule has 16 fully saturated rings. The van der Waals surface area contributed by atoms with Crippen molar-refractivity contribution in [3.8, 4) is 0 Å². The van der Waals surface area contributed by atoms with Gasteiger partial charge in [-0.25, -0.2) is 0 Å². The van der Waals surface area contributed by atoms with Gasteiger partial charge in [-0.1, -0.05) is 40.5 Å². The van der Waals surface area contributed by atoms with Crippen molar-refractivity contribution in [1.82, 2.24) is 93.5 Å². The Morgan fingerprint density at radius 2 is 0.548 bits per heavy atom. The highest BCUT2D eigenvalue weighted by molar-refractivity contribution is 5.03. The molecule has 16 aliphatic rings. The number of aliphatic hydroxyl groups excluding tert-OH is 1. The second kappa shape index (κ2) is 57.4. The minimum absolute atomic E-state index is 0.287. The molecule has 6 bridgehead atoms. The van der Waals surface area contributed by atoms with E-state index in [1.807, 2.05) is 0 Å². The molecule has 6 unspecified atom stereocenters. The second-order valence-corrected chi connectivity index (χ2v) is 55.2. The van der Waals surface area contributed by atoms with E-state index in [0.29, 0.717) is 66.3 Å². The van der Waals surface area contributed by atoms with Crippen LogP contribution in [0.4, 0.5) is 0 Å². The maximum absolute atomic E-state index is 8.79. The summed E-state index contributed by atoms with van der Waals surface area (Å²) in [5, 5.41) is 12.1. The average molecular weight is 1910 g/mol. The predicted molar refractivity (Wildman–Crippen MR) is 589 cm³/mol. The fourth-order valence-corrected chi connectivity index (χ4v) is 21.9. The number of fused-ring (bicyclic) bond motifs is 7. The molecule has 804 valence electrons. The van der Waals surface area contributed by atoms with Crippen molar-refractivity contribution in [3.05, 3.63) is 0 Å². The van der Waals surface area contributed by atoms with Crippen molar-refractivity contribution in [2.45, 2.75) is 437 Å². The third-order valence-corrected chi connectivity index (χ3v) is 32.3. The number of piperidine rings is 4. The predicted octanol–water partition coefficient (Wildman–Crippen LogP) is 17.0. The number of piperazine rings is 8. The Balaban J connectivity index is 0.000000308. The summed E-state index contributed by atoms with van der Waals surface area (Å²) < 4.78 is 10.5. The molecule has 0 aromatic carbocycles. The number of hydrogen-bond acceptors (Lipinski definition) is 22. The van der Waals surface area contributed by atoms with E-state index in [4.69, 9.17) is 14.6 Å². The number of nitrogens with zero attached hydrogens (tertiary/aromatic N) is 18. The Morgan fingerprint density at radius 3 is 0.815 bits per heavy atom. The van der Waals surface area contributed by atoms with Gasteiger partial charge in [-0.3, -0.25) is 63.7 Å². The first kappa shape index (κ1) is 126. The molecule has 22 nitrogen and oxygen atoms in total. The monoisotopic (exact) mass is 1910 g/mol. The van der Waals surface area contributed by atoms with Crippen LogP contribution >= 0.6 is 0 Å². The third kappa shape index (κ3) is 48.1. The fraction of sp³-hybridized carbons (Fsp3) is 1.00. The van der Waals surface area contributed by atoms with Gasteiger partial charge in [-0.2, -0.15) is 0 Å². The Hall–Kier alpha value is -0.880. The van der Waals surface area contributed by atoms with Crippen LogP contribution in [0.1, 0.15) is 340 Å². The first-order chi connectivity index (χ1) is 62.0. The van der Waals surface area contributed by atoms with E-state index in [1.54, 1.807) is 0 Å². The summed E-state index contributed by atoms with van der Waals surface area (Å²) in [5.41, 5.74) is 4.47. The van der Waals surface area contributed by atoms with Crippen LogP contribution in [0, 0.1) is 11.3 Å². The minimum atomic E-state index is 0.287. The molecule has 0 aromatic rings. The Labute approximate surface area is 842 Å². The Morgan fingerprint density at radius 1 is 0.259 bits per heavy atom. The normalized spacial score (nSPS) is 27.1. The van der Waals surface area contributed by atoms with Gasteiger partial charge < -0.3 is 44.4 Å². The lowest BCUT2D eigenvalue weighted by Gasteiger charge is -2.55. The molecule has 0 radical (unpaired) electrons. The van der Waals surface area contributed by atoms with Gasteiger partial charge in [-0.05, 0) is 378 Å². The molecular formula is C113H239N19O3. The Bertz CT molecular complexity index is 2800. The second-order valence-electron chi connectivity index (χ2n) is 55.2. The van der Waals surface area contributed by atoms with Crippen LogP contribution in [-0.2, 0) is 9.47 Å². The van der Waals surface area contributed by atoms with Gasteiger partial charge in [0.05, 0.1) is 19.8 Å². The van der Waals surface area contributed by atoms with E-state index < -0.39 is 0 Å². The van der Waals surface area contributed by atoms with Crippen LogP contribution in [-0.4, -0.2) is 481 Å². The molecule has 22 heteroatoms. The molecule has 0 saturated carbocycles. The molecule has 0 spiro atoms. The summed E-state index contributed by atoms with van der Waals surface area (Å²) in [5.74, 6) is 0.876. The van der Waals surface area contributed by atoms with Crippen molar-refractivity contribution >= 4 is 0 Å². The summed E-state index contributed by atoms with van der Waals surface area (Å²) >= 11 is 0. The smallest absolute Gasteiger partial charge is 0.0594 e. The van der Waals surface area contributed by atoms with Gasteiger partial charge in [0.2, 0.25) is 0 Å². The van der Waals surface area contributed by atoms with E-state index in [0.717, 1.165) is 127 Å². The number of likely N-dealkylation sites (N-methyl/N-ethyl adjacent to an activating group) is 6. The van der Waals surface area contributed by atoms with Crippen molar-refractivity contribution < 1.29 is 14.6 Å². The summed E-state index contributed by atoms with van der Waals surface area (Å²) in [6.45, 7) is 130. The topological polar surface area (TPSA) is 109 Å². The van der Waals surface area contributed by atoms with E-state index >= 15 is 0 Å². The van der Waals surface area contributed by atoms with Gasteiger partial charge in [0.1, 0.15) is 0 Å². The first-order valence-electron chi connectivity index (χ1n) is 55.8. The fourth-order valence-electron chi connectivity index (χ4n) is 21.9. The SMILES string of the molecule is CC(C)(C)C1CCOCC1.CC(C)(C)N1CCCCC1.CC(C)(C)N1CCCCC1.CC(C)(C)N1CCN(CCO)CC1.CC(C)(C)N1CCNCC1.CC(C)(C)N1CCOCC1.CCN1CCN(C(C)(C)C)CC1.CN1C2CCC1CN(C(C)(C)C)C2.CN1CC2CC1CN2C(C)(C)C.CN1CC2CCC1CN2C(C)(C)C.CN1CCN(C(C)(C)C)CC1.CN1CCN(C(C)(C)C)CC1. The molecule has 0 aliphatic carbocycles. The highest BCUT2D eigenvalue weighted by atomic mass is 16.5. The third-order valence-electron chi connectivity index (χ3n) is 32.3. The highest BCUT2D eigenvalue weighted by Crippen LogP contribution is 2.38. The molecule has 2 N–H and O–H groups in total. The lowest BCUT2D eigenvalue weighted by atomic mass is 9.76. The average Bonchev–Trinajstić information content (AvgIpc) is 1.61. The standard InChI is InChI=1S/2C11H22N2.C10H22N2O.C10H20N2.C10H22N2.2C9H20N2.2C9H19N.C9H18O.C8H18N2.C8H17NO/c1-11(2,3)13-8-9-5-6-10(13)7-12(9)4;1-11(2,3)13-7-9-5-6-10(8-13)12(9)4;1-10(2,3)12-6-4-11(5-7-12)8-9-13;1-10(2,3)12-7-8-5-9(12)6-11(8)4;1-5-11-6-8-12(9-7-11)10(2,3)4;2*1-9(2,3)11-7-5-10(4)6-8-11;2*1-9(2,3)10-7-5-4-6-8-10;1-9(2,3)8-4-6-10-7-5-8;1-8(2,3)10-6-4-9-5-7-10;1-8(2,3)9-4-6-10-7-5-9/h2*9-10H,5-8H2,1-4H3;13H,4-9H2,1-3H3;8-9H,5-7H2,1-4H3;5-9H2,1-4H3;2*5-8H2,1-4H3;2*4-8H2,1-3H3;8H,4-7H2,1-3H3;9H,4-7H2,1-3H3;4-7H2,1-3H3. The number of morpholine rings is 1. The van der Waals surface area contributed by atoms with Gasteiger partial charge in [0.25, 0.3) is 0 Å². The zero-order chi connectivity index (χ0) is 102. The maximum atomic E-state index is 8.79. The van der Waals surface area contributed by atoms with Crippen molar-refractivity contribution in [2.75, 3.05) is 291 Å². The summed E-state index contributed by atoms with van der Waals surface area (Å²) in [6, 6.07) is 4.98. The lowest BCUT2D eigenvalue weighted by molar-refractivity contribution is -0.0531. The molecular weight excluding hydrogens is 1670 g/mol. The minimum Gasteiger partial charge on any atom is -0.395 e. The zero-order valence-electron chi connectivity index (χ0n) is 98.6. The van der Waals surface area contributed by atoms with Gasteiger partial charge >= 0.3 is 0 Å². The summed E-state index contributed by atoms with van der Waals surface area (Å²) in [7, 11) is 11.2. The summed E-state index contributed by atoms with van der Waals surface area (Å²) in [4.78, 5) is 45.6. The molecule has 135 heavy (non-hydrogen) atoms. The van der Waals surface area contributed by atoms with Crippen LogP contribution in [0.15, 0.2) is 0 Å². The first-order valence-corrected chi connectivity index (χ1v) is 55.8. The molecule has 16 aliphatic heterocycles. The number of β-amino-alcohol motifs (C(OH)–C–C–N with tert-alkyl or cyclic N) is 1. The number of rotatable bonds is 3. The zero-order valence-corrected chi connectivity index (χ0v) is 98.6. The quantitative estimate of drug-likeness (QED) is 0.279. The van der Waals surface area contributed by atoms with Crippen LogP contribution in [0.25, 0.3) is 0 Å². The van der Waals surface area contributed by atoms with Crippen LogP contribution in [0.2, 0.25) is 0 Å². The Kier molecular flexibility index (Phi) is 53.8. The van der Waals surface area contributed by atoms with Crippen molar-refractivity contribution in [3.63, 3.8) is 0 Å². The number of likely N-dealkylation sites (tertiary alicyclic amines) is 5. The van der Waals surface area contributed by atoms with Crippen LogP contribution < -0.4 is 5.32 Å². The number of aliphatic hydroxyl groups is 1. The van der Waals surface area contributed by atoms with Crippen LogP contribution in [0.5, 0.6) is 0 Å². The van der Waals surface area contributed by atoms with E-state index in [9.17, 15) is 0 Å². The van der Waals surface area contributed by atoms with Crippen molar-refractivity contribution in [2.24, 2.45) is 11.3 Å². The number of nitrogens with one attached hydrogen (secondary N) is 1. The molecule has 0 amide bonds. The number of hydrogen-bond donors (Lipinski definition) is 2. The van der Waals surface area contributed by atoms with E-state index in [2.05, 4.69) is 385 Å². The molecule has 16 saturated heterocycles. The lowest BCUT2D eigenvalue weighted by Crippen LogP contribution is -2.65. The van der Waals surface area contributed by atoms with E-state index in [-0.39, 0.29) is 6.61 Å². The van der Waals surface area contributed by atoms with Crippen LogP contribution in [0.3, 0.4) is 0 Å². The number of ether oxygens (including phenoxy) is 2. The van der Waals surface area contributed by atoms with E-state index in [1.165, 1.54) is 247 Å². The molecule has 0 aromatic heterocycles. The summed E-state index contributed by atoms with van der Waals surface area (Å²) in [6.07, 6.45) is 18.0. The molecule has 16 heterocycles. The highest BCUT2D eigenvalue weighted by Gasteiger charge is 2.47. The largest absolute Gasteiger partial charge is 0.395 e.